The Hall–Kier alpha value is -2.77. The van der Waals surface area contributed by atoms with Gasteiger partial charge in [0.2, 0.25) is 11.9 Å². The van der Waals surface area contributed by atoms with Gasteiger partial charge in [-0.2, -0.15) is 4.98 Å². The zero-order valence-corrected chi connectivity index (χ0v) is 14.1. The highest BCUT2D eigenvalue weighted by molar-refractivity contribution is 5.82. The standard InChI is InChI=1S/C17H19F2N5O/c1-22(2)15-5-6-20-17(21-15)24-8-7-23(16(25)11-24)10-12-9-13(18)3-4-14(12)19/h3-6,9H,7-8,10-11H2,1-2H3. The van der Waals surface area contributed by atoms with E-state index in [9.17, 15) is 13.6 Å². The van der Waals surface area contributed by atoms with Gasteiger partial charge in [-0.1, -0.05) is 0 Å². The SMILES string of the molecule is CN(C)c1ccnc(N2CCN(Cc3cc(F)ccc3F)C(=O)C2)n1. The molecule has 0 radical (unpaired) electrons. The van der Waals surface area contributed by atoms with Crippen molar-refractivity contribution >= 4 is 17.7 Å². The molecule has 0 unspecified atom stereocenters. The number of hydrogen-bond acceptors (Lipinski definition) is 5. The fourth-order valence-electron chi connectivity index (χ4n) is 2.66. The average molecular weight is 347 g/mol. The monoisotopic (exact) mass is 347 g/mol. The first-order valence-electron chi connectivity index (χ1n) is 7.91. The van der Waals surface area contributed by atoms with Crippen molar-refractivity contribution in [2.24, 2.45) is 0 Å². The summed E-state index contributed by atoms with van der Waals surface area (Å²) in [5.74, 6) is 0.0293. The van der Waals surface area contributed by atoms with E-state index in [1.807, 2.05) is 19.0 Å². The van der Waals surface area contributed by atoms with Crippen LogP contribution >= 0.6 is 0 Å². The molecule has 6 nitrogen and oxygen atoms in total. The second-order valence-electron chi connectivity index (χ2n) is 6.08. The van der Waals surface area contributed by atoms with Crippen molar-refractivity contribution in [3.05, 3.63) is 47.7 Å². The quantitative estimate of drug-likeness (QED) is 0.842. The van der Waals surface area contributed by atoms with Gasteiger partial charge in [-0.15, -0.1) is 0 Å². The number of hydrogen-bond donors (Lipinski definition) is 0. The third-order valence-corrected chi connectivity index (χ3v) is 4.06. The summed E-state index contributed by atoms with van der Waals surface area (Å²) in [6.45, 7) is 1.08. The van der Waals surface area contributed by atoms with Gasteiger partial charge in [0, 0.05) is 45.5 Å². The Kier molecular flexibility index (Phi) is 4.78. The average Bonchev–Trinajstić information content (AvgIpc) is 2.60. The van der Waals surface area contributed by atoms with Gasteiger partial charge >= 0.3 is 0 Å². The summed E-state index contributed by atoms with van der Waals surface area (Å²) < 4.78 is 27.1. The molecular weight excluding hydrogens is 328 g/mol. The van der Waals surface area contributed by atoms with E-state index in [1.165, 1.54) is 4.90 Å². The molecule has 0 bridgehead atoms. The molecule has 25 heavy (non-hydrogen) atoms. The topological polar surface area (TPSA) is 52.6 Å². The summed E-state index contributed by atoms with van der Waals surface area (Å²) in [6.07, 6.45) is 1.65. The first-order chi connectivity index (χ1) is 11.9. The molecule has 0 spiro atoms. The molecule has 1 aliphatic rings. The highest BCUT2D eigenvalue weighted by Gasteiger charge is 2.26. The summed E-state index contributed by atoms with van der Waals surface area (Å²) in [5, 5.41) is 0. The minimum Gasteiger partial charge on any atom is -0.363 e. The fourth-order valence-corrected chi connectivity index (χ4v) is 2.66. The van der Waals surface area contributed by atoms with E-state index in [0.29, 0.717) is 19.0 Å². The number of piperazine rings is 1. The maximum absolute atomic E-state index is 13.8. The summed E-state index contributed by atoms with van der Waals surface area (Å²) >= 11 is 0. The van der Waals surface area contributed by atoms with Crippen LogP contribution in [0.25, 0.3) is 0 Å². The smallest absolute Gasteiger partial charge is 0.242 e. The Morgan fingerprint density at radius 1 is 1.20 bits per heavy atom. The van der Waals surface area contributed by atoms with E-state index in [0.717, 1.165) is 24.0 Å². The summed E-state index contributed by atoms with van der Waals surface area (Å²) in [4.78, 5) is 26.2. The molecular formula is C17H19F2N5O. The Morgan fingerprint density at radius 2 is 2.00 bits per heavy atom. The molecule has 3 rings (SSSR count). The van der Waals surface area contributed by atoms with Gasteiger partial charge in [0.25, 0.3) is 0 Å². The number of halogens is 2. The molecule has 8 heteroatoms. The first kappa shape index (κ1) is 17.1. The zero-order chi connectivity index (χ0) is 18.0. The van der Waals surface area contributed by atoms with Crippen LogP contribution in [0.1, 0.15) is 5.56 Å². The van der Waals surface area contributed by atoms with Gasteiger partial charge in [0.05, 0.1) is 0 Å². The number of aromatic nitrogens is 2. The van der Waals surface area contributed by atoms with Crippen LogP contribution in [0, 0.1) is 11.6 Å². The molecule has 0 saturated carbocycles. The maximum Gasteiger partial charge on any atom is 0.242 e. The summed E-state index contributed by atoms with van der Waals surface area (Å²) in [6, 6.07) is 5.05. The van der Waals surface area contributed by atoms with Gasteiger partial charge in [-0.3, -0.25) is 4.79 Å². The Balaban J connectivity index is 1.69. The van der Waals surface area contributed by atoms with Crippen LogP contribution in [0.3, 0.4) is 0 Å². The van der Waals surface area contributed by atoms with Crippen LogP contribution in [0.2, 0.25) is 0 Å². The Morgan fingerprint density at radius 3 is 2.72 bits per heavy atom. The van der Waals surface area contributed by atoms with Crippen molar-refractivity contribution < 1.29 is 13.6 Å². The van der Waals surface area contributed by atoms with E-state index in [-0.39, 0.29) is 24.6 Å². The van der Waals surface area contributed by atoms with Crippen molar-refractivity contribution in [2.45, 2.75) is 6.54 Å². The van der Waals surface area contributed by atoms with Crippen LogP contribution < -0.4 is 9.80 Å². The second kappa shape index (κ2) is 7.00. The van der Waals surface area contributed by atoms with E-state index in [1.54, 1.807) is 17.2 Å². The Labute approximate surface area is 144 Å². The van der Waals surface area contributed by atoms with E-state index < -0.39 is 11.6 Å². The predicted octanol–water partition coefficient (Wildman–Crippen LogP) is 1.67. The minimum absolute atomic E-state index is 0.0505. The third-order valence-electron chi connectivity index (χ3n) is 4.06. The van der Waals surface area contributed by atoms with E-state index in [2.05, 4.69) is 9.97 Å². The molecule has 0 N–H and O–H groups in total. The maximum atomic E-state index is 13.8. The second-order valence-corrected chi connectivity index (χ2v) is 6.08. The van der Waals surface area contributed by atoms with Crippen LogP contribution in [-0.2, 0) is 11.3 Å². The molecule has 2 heterocycles. The lowest BCUT2D eigenvalue weighted by Crippen LogP contribution is -2.50. The molecule has 1 amide bonds. The fraction of sp³-hybridized carbons (Fsp3) is 0.353. The van der Waals surface area contributed by atoms with Gasteiger partial charge in [-0.05, 0) is 24.3 Å². The highest BCUT2D eigenvalue weighted by atomic mass is 19.1. The molecule has 0 atom stereocenters. The molecule has 132 valence electrons. The molecule has 0 aliphatic carbocycles. The minimum atomic E-state index is -0.517. The Bertz CT molecular complexity index is 783. The van der Waals surface area contributed by atoms with Crippen molar-refractivity contribution in [1.29, 1.82) is 0 Å². The lowest BCUT2D eigenvalue weighted by molar-refractivity contribution is -0.131. The highest BCUT2D eigenvalue weighted by Crippen LogP contribution is 2.18. The van der Waals surface area contributed by atoms with Crippen molar-refractivity contribution in [1.82, 2.24) is 14.9 Å². The lowest BCUT2D eigenvalue weighted by atomic mass is 10.1. The number of benzene rings is 1. The predicted molar refractivity (Wildman–Crippen MR) is 90.3 cm³/mol. The van der Waals surface area contributed by atoms with Crippen molar-refractivity contribution in [3.63, 3.8) is 0 Å². The van der Waals surface area contributed by atoms with Crippen molar-refractivity contribution in [3.8, 4) is 0 Å². The van der Waals surface area contributed by atoms with Crippen LogP contribution in [0.5, 0.6) is 0 Å². The molecule has 2 aromatic rings. The molecule has 1 fully saturated rings. The molecule has 1 aliphatic heterocycles. The van der Waals surface area contributed by atoms with E-state index in [4.69, 9.17) is 0 Å². The van der Waals surface area contributed by atoms with Gasteiger partial charge < -0.3 is 14.7 Å². The lowest BCUT2D eigenvalue weighted by Gasteiger charge is -2.34. The normalized spacial score (nSPS) is 14.8. The number of nitrogens with zero attached hydrogens (tertiary/aromatic N) is 5. The zero-order valence-electron chi connectivity index (χ0n) is 14.1. The number of rotatable bonds is 4. The number of amides is 1. The molecule has 1 saturated heterocycles. The van der Waals surface area contributed by atoms with Crippen LogP contribution in [-0.4, -0.2) is 54.5 Å². The van der Waals surface area contributed by atoms with Gasteiger partial charge in [0.15, 0.2) is 0 Å². The van der Waals surface area contributed by atoms with Gasteiger partial charge in [0.1, 0.15) is 24.0 Å². The van der Waals surface area contributed by atoms with Gasteiger partial charge in [-0.25, -0.2) is 13.8 Å². The first-order valence-corrected chi connectivity index (χ1v) is 7.91. The number of carbonyl (C=O) groups is 1. The van der Waals surface area contributed by atoms with Crippen molar-refractivity contribution in [2.75, 3.05) is 43.5 Å². The van der Waals surface area contributed by atoms with Crippen LogP contribution in [0.15, 0.2) is 30.5 Å². The number of carbonyl (C=O) groups excluding carboxylic acids is 1. The molecule has 1 aromatic carbocycles. The summed E-state index contributed by atoms with van der Waals surface area (Å²) in [7, 11) is 3.76. The third kappa shape index (κ3) is 3.84. The number of anilines is 2. The molecule has 1 aromatic heterocycles. The van der Waals surface area contributed by atoms with E-state index >= 15 is 0 Å². The largest absolute Gasteiger partial charge is 0.363 e. The summed E-state index contributed by atoms with van der Waals surface area (Å²) in [5.41, 5.74) is 0.174. The van der Waals surface area contributed by atoms with Crippen LogP contribution in [0.4, 0.5) is 20.5 Å².